The number of nitrogens with one attached hydrogen (secondary N) is 2. The molecule has 0 heterocycles. The van der Waals surface area contributed by atoms with Crippen molar-refractivity contribution in [3.63, 3.8) is 0 Å². The second-order valence-corrected chi connectivity index (χ2v) is 10.6. The van der Waals surface area contributed by atoms with Crippen molar-refractivity contribution in [3.05, 3.63) is 35.4 Å². The van der Waals surface area contributed by atoms with E-state index < -0.39 is 47.0 Å². The Hall–Kier alpha value is -3.54. The number of carbonyl (C=O) groups is 4. The summed E-state index contributed by atoms with van der Waals surface area (Å²) in [7, 11) is 0. The predicted molar refractivity (Wildman–Crippen MR) is 139 cm³/mol. The summed E-state index contributed by atoms with van der Waals surface area (Å²) < 4.78 is 5.32. The van der Waals surface area contributed by atoms with E-state index in [-0.39, 0.29) is 19.4 Å². The maximum Gasteiger partial charge on any atom is 0.408 e. The minimum absolute atomic E-state index is 0.0575. The number of benzene rings is 1. The molecule has 0 aliphatic rings. The van der Waals surface area contributed by atoms with Crippen LogP contribution in [0.1, 0.15) is 84.9 Å². The molecule has 0 saturated heterocycles. The Morgan fingerprint density at radius 3 is 2.22 bits per heavy atom. The van der Waals surface area contributed by atoms with Gasteiger partial charge in [0, 0.05) is 24.1 Å². The van der Waals surface area contributed by atoms with Gasteiger partial charge in [0.25, 0.3) is 0 Å². The van der Waals surface area contributed by atoms with Gasteiger partial charge in [-0.2, -0.15) is 0 Å². The van der Waals surface area contributed by atoms with Crippen molar-refractivity contribution in [1.82, 2.24) is 15.5 Å². The maximum atomic E-state index is 13.9. The van der Waals surface area contributed by atoms with Crippen LogP contribution in [0, 0.1) is 12.3 Å². The fourth-order valence-corrected chi connectivity index (χ4v) is 3.56. The molecule has 2 atom stereocenters. The highest BCUT2D eigenvalue weighted by atomic mass is 16.6. The van der Waals surface area contributed by atoms with E-state index in [1.165, 1.54) is 4.90 Å². The Morgan fingerprint density at radius 1 is 1.11 bits per heavy atom. The number of ether oxygens (including phenoxy) is 1. The minimum atomic E-state index is -1.15. The summed E-state index contributed by atoms with van der Waals surface area (Å²) >= 11 is 0. The summed E-state index contributed by atoms with van der Waals surface area (Å²) in [6.45, 7) is 12.6. The molecule has 198 valence electrons. The maximum absolute atomic E-state index is 13.9. The Labute approximate surface area is 214 Å². The molecule has 0 aliphatic heterocycles. The molecule has 0 radical (unpaired) electrons. The summed E-state index contributed by atoms with van der Waals surface area (Å²) in [5, 5.41) is 5.49. The fraction of sp³-hybridized carbons (Fsp3) is 0.556. The number of nitrogens with two attached hydrogens (primary N) is 1. The molecule has 36 heavy (non-hydrogen) atoms. The predicted octanol–water partition coefficient (Wildman–Crippen LogP) is 3.02. The normalized spacial score (nSPS) is 13.1. The number of hydrogen-bond donors (Lipinski definition) is 3. The van der Waals surface area contributed by atoms with E-state index >= 15 is 0 Å². The van der Waals surface area contributed by atoms with Gasteiger partial charge in [-0.05, 0) is 66.0 Å². The summed E-state index contributed by atoms with van der Waals surface area (Å²) in [5.41, 5.74) is 4.89. The van der Waals surface area contributed by atoms with E-state index in [0.29, 0.717) is 17.5 Å². The van der Waals surface area contributed by atoms with Gasteiger partial charge in [-0.3, -0.25) is 14.4 Å². The lowest BCUT2D eigenvalue weighted by atomic mass is 9.96. The number of rotatable bonds is 10. The standard InChI is InChI=1S/C27H40N4O5/c1-9-17-31(24(34)20(15-16-21(28)32)29-25(35)36-27(6,7)8)22(23(33)30-26(3,4)5)19-14-12-11-13-18(19)10-2/h2,11-14,20,22H,9,15-17H2,1,3-8H3,(H2,28,32)(H,29,35)(H,30,33). The van der Waals surface area contributed by atoms with Crippen LogP contribution >= 0.6 is 0 Å². The van der Waals surface area contributed by atoms with Gasteiger partial charge < -0.3 is 26.0 Å². The van der Waals surface area contributed by atoms with Crippen LogP contribution < -0.4 is 16.4 Å². The Morgan fingerprint density at radius 2 is 1.72 bits per heavy atom. The topological polar surface area (TPSA) is 131 Å². The average Bonchev–Trinajstić information content (AvgIpc) is 2.73. The summed E-state index contributed by atoms with van der Waals surface area (Å²) in [4.78, 5) is 52.9. The quantitative estimate of drug-likeness (QED) is 0.425. The number of hydrogen-bond acceptors (Lipinski definition) is 5. The lowest BCUT2D eigenvalue weighted by molar-refractivity contribution is -0.143. The van der Waals surface area contributed by atoms with Gasteiger partial charge in [0.15, 0.2) is 0 Å². The second kappa shape index (κ2) is 13.0. The van der Waals surface area contributed by atoms with E-state index in [0.717, 1.165) is 0 Å². The zero-order valence-electron chi connectivity index (χ0n) is 22.4. The number of alkyl carbamates (subject to hydrolysis) is 1. The summed E-state index contributed by atoms with van der Waals surface area (Å²) in [6, 6.07) is 4.68. The van der Waals surface area contributed by atoms with Gasteiger partial charge in [-0.1, -0.05) is 31.0 Å². The third-order valence-corrected chi connectivity index (χ3v) is 4.89. The molecule has 1 aromatic rings. The van der Waals surface area contributed by atoms with E-state index in [1.54, 1.807) is 45.0 Å². The summed E-state index contributed by atoms with van der Waals surface area (Å²) in [5.74, 6) is 0.994. The van der Waals surface area contributed by atoms with E-state index in [4.69, 9.17) is 16.9 Å². The lowest BCUT2D eigenvalue weighted by Gasteiger charge is -2.36. The fourth-order valence-electron chi connectivity index (χ4n) is 3.56. The highest BCUT2D eigenvalue weighted by molar-refractivity contribution is 5.93. The first-order valence-corrected chi connectivity index (χ1v) is 12.1. The summed E-state index contributed by atoms with van der Waals surface area (Å²) in [6.07, 6.45) is 5.22. The molecule has 0 saturated carbocycles. The molecule has 9 nitrogen and oxygen atoms in total. The van der Waals surface area contributed by atoms with Gasteiger partial charge >= 0.3 is 6.09 Å². The van der Waals surface area contributed by atoms with Crippen LogP contribution in [0.3, 0.4) is 0 Å². The van der Waals surface area contributed by atoms with Crippen molar-refractivity contribution >= 4 is 23.8 Å². The third kappa shape index (κ3) is 9.98. The first-order valence-electron chi connectivity index (χ1n) is 12.1. The van der Waals surface area contributed by atoms with Crippen LogP contribution in [0.5, 0.6) is 0 Å². The Balaban J connectivity index is 3.56. The molecule has 0 spiro atoms. The number of nitrogens with zero attached hydrogens (tertiary/aromatic N) is 1. The molecule has 9 heteroatoms. The van der Waals surface area contributed by atoms with Crippen LogP contribution in [-0.4, -0.2) is 52.4 Å². The van der Waals surface area contributed by atoms with E-state index in [2.05, 4.69) is 16.6 Å². The van der Waals surface area contributed by atoms with Gasteiger partial charge in [0.1, 0.15) is 17.7 Å². The molecule has 0 aliphatic carbocycles. The van der Waals surface area contributed by atoms with Gasteiger partial charge in [-0.15, -0.1) is 6.42 Å². The van der Waals surface area contributed by atoms with Crippen molar-refractivity contribution in [2.45, 2.75) is 91.0 Å². The van der Waals surface area contributed by atoms with Crippen molar-refractivity contribution in [1.29, 1.82) is 0 Å². The van der Waals surface area contributed by atoms with Crippen molar-refractivity contribution in [2.75, 3.05) is 6.54 Å². The highest BCUT2D eigenvalue weighted by Gasteiger charge is 2.37. The average molecular weight is 501 g/mol. The number of carbonyl (C=O) groups excluding carboxylic acids is 4. The number of terminal acetylenes is 1. The van der Waals surface area contributed by atoms with E-state index in [1.807, 2.05) is 27.7 Å². The molecule has 4 amide bonds. The Kier molecular flexibility index (Phi) is 11.0. The third-order valence-electron chi connectivity index (χ3n) is 4.89. The van der Waals surface area contributed by atoms with Crippen molar-refractivity contribution in [3.8, 4) is 12.3 Å². The second-order valence-electron chi connectivity index (χ2n) is 10.6. The molecule has 0 bridgehead atoms. The number of primary amides is 1. The molecule has 1 rings (SSSR count). The van der Waals surface area contributed by atoms with Gasteiger partial charge in [0.05, 0.1) is 0 Å². The smallest absolute Gasteiger partial charge is 0.408 e. The molecular weight excluding hydrogens is 460 g/mol. The van der Waals surface area contributed by atoms with Crippen LogP contribution in [0.25, 0.3) is 0 Å². The molecular formula is C27H40N4O5. The zero-order chi connectivity index (χ0) is 27.7. The van der Waals surface area contributed by atoms with Crippen LogP contribution in [0.15, 0.2) is 24.3 Å². The SMILES string of the molecule is C#Cc1ccccc1C(C(=O)NC(C)(C)C)N(CCC)C(=O)C(CCC(N)=O)NC(=O)OC(C)(C)C. The minimum Gasteiger partial charge on any atom is -0.444 e. The van der Waals surface area contributed by atoms with Gasteiger partial charge in [-0.25, -0.2) is 4.79 Å². The largest absolute Gasteiger partial charge is 0.444 e. The van der Waals surface area contributed by atoms with Gasteiger partial charge in [0.2, 0.25) is 17.7 Å². The van der Waals surface area contributed by atoms with Crippen LogP contribution in [0.2, 0.25) is 0 Å². The highest BCUT2D eigenvalue weighted by Crippen LogP contribution is 2.27. The molecule has 2 unspecified atom stereocenters. The van der Waals surface area contributed by atoms with Crippen molar-refractivity contribution in [2.24, 2.45) is 5.73 Å². The zero-order valence-corrected chi connectivity index (χ0v) is 22.4. The van der Waals surface area contributed by atoms with Crippen LogP contribution in [0.4, 0.5) is 4.79 Å². The van der Waals surface area contributed by atoms with E-state index in [9.17, 15) is 19.2 Å². The first-order chi connectivity index (χ1) is 16.6. The molecule has 0 aromatic heterocycles. The molecule has 0 fully saturated rings. The number of amides is 4. The Bertz CT molecular complexity index is 985. The van der Waals surface area contributed by atoms with Crippen LogP contribution in [-0.2, 0) is 19.1 Å². The monoisotopic (exact) mass is 500 g/mol. The van der Waals surface area contributed by atoms with Crippen molar-refractivity contribution < 1.29 is 23.9 Å². The lowest BCUT2D eigenvalue weighted by Crippen LogP contribution is -2.55. The molecule has 1 aromatic carbocycles. The molecule has 4 N–H and O–H groups in total. The first kappa shape index (κ1) is 30.5.